The molecule has 2 atom stereocenters. The van der Waals surface area contributed by atoms with Crippen LogP contribution in [0.1, 0.15) is 45.1 Å². The topological polar surface area (TPSA) is 32.3 Å². The van der Waals surface area contributed by atoms with E-state index >= 15 is 0 Å². The lowest BCUT2D eigenvalue weighted by molar-refractivity contribution is 0.167. The molecule has 0 bridgehead atoms. The summed E-state index contributed by atoms with van der Waals surface area (Å²) in [4.78, 5) is 0. The Morgan fingerprint density at radius 1 is 1.17 bits per heavy atom. The van der Waals surface area contributed by atoms with Crippen LogP contribution in [0, 0.1) is 0 Å². The molecule has 0 aromatic heterocycles. The number of benzene rings is 1. The van der Waals surface area contributed by atoms with E-state index in [1.165, 1.54) is 31.2 Å². The first-order valence-corrected chi connectivity index (χ1v) is 7.17. The van der Waals surface area contributed by atoms with Gasteiger partial charge >= 0.3 is 0 Å². The maximum Gasteiger partial charge on any atom is 0.0704 e. The van der Waals surface area contributed by atoms with E-state index in [9.17, 15) is 5.11 Å². The van der Waals surface area contributed by atoms with Crippen molar-refractivity contribution < 1.29 is 5.11 Å². The van der Waals surface area contributed by atoms with Gasteiger partial charge < -0.3 is 10.4 Å². The van der Waals surface area contributed by atoms with Crippen LogP contribution in [0.3, 0.4) is 0 Å². The summed E-state index contributed by atoms with van der Waals surface area (Å²) >= 11 is 0. The van der Waals surface area contributed by atoms with Crippen molar-refractivity contribution >= 4 is 0 Å². The Balaban J connectivity index is 2.14. The monoisotopic (exact) mass is 249 g/mol. The Hall–Kier alpha value is -0.860. The molecule has 0 heterocycles. The quantitative estimate of drug-likeness (QED) is 0.659. The first-order valence-electron chi connectivity index (χ1n) is 7.17. The molecule has 0 amide bonds. The minimum Gasteiger partial charge on any atom is -0.391 e. The van der Waals surface area contributed by atoms with Crippen LogP contribution in [0.4, 0.5) is 0 Å². The van der Waals surface area contributed by atoms with Crippen LogP contribution in [0.25, 0.3) is 0 Å². The number of nitrogens with one attached hydrogen (secondary N) is 1. The van der Waals surface area contributed by atoms with Gasteiger partial charge in [-0.3, -0.25) is 0 Å². The highest BCUT2D eigenvalue weighted by Crippen LogP contribution is 2.05. The third-order valence-electron chi connectivity index (χ3n) is 3.26. The molecule has 2 heteroatoms. The number of aliphatic hydroxyl groups excluding tert-OH is 1. The second kappa shape index (κ2) is 9.12. The summed E-state index contributed by atoms with van der Waals surface area (Å²) in [5.74, 6) is 0. The fourth-order valence-electron chi connectivity index (χ4n) is 2.10. The van der Waals surface area contributed by atoms with Crippen LogP contribution >= 0.6 is 0 Å². The molecule has 0 radical (unpaired) electrons. The number of unbranched alkanes of at least 4 members (excludes halogenated alkanes) is 2. The highest BCUT2D eigenvalue weighted by atomic mass is 16.3. The number of rotatable bonds is 9. The Bertz CT molecular complexity index is 299. The maximum absolute atomic E-state index is 9.96. The standard InChI is InChI=1S/C16H27NO/c1-3-4-6-9-14(2)17-13-16(18)12-15-10-7-5-8-11-15/h5,7-8,10-11,14,16-18H,3-4,6,9,12-13H2,1-2H3/t14-,16-/m1/s1. The third-order valence-corrected chi connectivity index (χ3v) is 3.26. The summed E-state index contributed by atoms with van der Waals surface area (Å²) in [6, 6.07) is 10.7. The molecule has 0 aliphatic rings. The highest BCUT2D eigenvalue weighted by molar-refractivity contribution is 5.15. The van der Waals surface area contributed by atoms with Crippen LogP contribution in [0.5, 0.6) is 0 Å². The van der Waals surface area contributed by atoms with E-state index in [0.29, 0.717) is 12.6 Å². The van der Waals surface area contributed by atoms with Crippen molar-refractivity contribution in [1.29, 1.82) is 0 Å². The molecule has 0 aliphatic heterocycles. The van der Waals surface area contributed by atoms with Gasteiger partial charge in [-0.15, -0.1) is 0 Å². The first kappa shape index (κ1) is 15.2. The molecule has 2 nitrogen and oxygen atoms in total. The van der Waals surface area contributed by atoms with Gasteiger partial charge in [0, 0.05) is 12.6 Å². The minimum atomic E-state index is -0.291. The smallest absolute Gasteiger partial charge is 0.0704 e. The van der Waals surface area contributed by atoms with Crippen molar-refractivity contribution in [2.75, 3.05) is 6.54 Å². The fourth-order valence-corrected chi connectivity index (χ4v) is 2.10. The molecule has 0 spiro atoms. The second-order valence-electron chi connectivity index (χ2n) is 5.15. The minimum absolute atomic E-state index is 0.291. The van der Waals surface area contributed by atoms with Crippen LogP contribution in [-0.2, 0) is 6.42 Å². The zero-order chi connectivity index (χ0) is 13.2. The van der Waals surface area contributed by atoms with Crippen molar-refractivity contribution in [3.63, 3.8) is 0 Å². The van der Waals surface area contributed by atoms with E-state index in [4.69, 9.17) is 0 Å². The lowest BCUT2D eigenvalue weighted by Crippen LogP contribution is -2.34. The average Bonchev–Trinajstić information content (AvgIpc) is 2.38. The van der Waals surface area contributed by atoms with Gasteiger partial charge in [0.05, 0.1) is 6.10 Å². The summed E-state index contributed by atoms with van der Waals surface area (Å²) in [6.45, 7) is 5.11. The largest absolute Gasteiger partial charge is 0.391 e. The predicted molar refractivity (Wildman–Crippen MR) is 77.8 cm³/mol. The lowest BCUT2D eigenvalue weighted by Gasteiger charge is -2.17. The summed E-state index contributed by atoms with van der Waals surface area (Å²) < 4.78 is 0. The first-order chi connectivity index (χ1) is 8.72. The maximum atomic E-state index is 9.96. The molecular formula is C16H27NO. The van der Waals surface area contributed by atoms with E-state index in [2.05, 4.69) is 31.3 Å². The molecule has 2 N–H and O–H groups in total. The zero-order valence-electron chi connectivity index (χ0n) is 11.7. The van der Waals surface area contributed by atoms with E-state index in [-0.39, 0.29) is 6.10 Å². The predicted octanol–water partition coefficient (Wildman–Crippen LogP) is 3.15. The molecular weight excluding hydrogens is 222 g/mol. The second-order valence-corrected chi connectivity index (χ2v) is 5.15. The van der Waals surface area contributed by atoms with Crippen molar-refractivity contribution in [1.82, 2.24) is 5.32 Å². The van der Waals surface area contributed by atoms with Gasteiger partial charge in [0.2, 0.25) is 0 Å². The highest BCUT2D eigenvalue weighted by Gasteiger charge is 2.07. The molecule has 102 valence electrons. The van der Waals surface area contributed by atoms with Crippen molar-refractivity contribution in [2.24, 2.45) is 0 Å². The lowest BCUT2D eigenvalue weighted by atomic mass is 10.1. The van der Waals surface area contributed by atoms with E-state index in [0.717, 1.165) is 6.42 Å². The van der Waals surface area contributed by atoms with Crippen LogP contribution in [0.15, 0.2) is 30.3 Å². The van der Waals surface area contributed by atoms with Gasteiger partial charge in [-0.05, 0) is 25.3 Å². The van der Waals surface area contributed by atoms with Gasteiger partial charge in [0.1, 0.15) is 0 Å². The molecule has 1 aromatic rings. The molecule has 0 unspecified atom stereocenters. The van der Waals surface area contributed by atoms with E-state index < -0.39 is 0 Å². The normalized spacial score (nSPS) is 14.4. The molecule has 1 aromatic carbocycles. The molecule has 0 fully saturated rings. The van der Waals surface area contributed by atoms with E-state index in [1.807, 2.05) is 18.2 Å². The third kappa shape index (κ3) is 6.77. The molecule has 0 aliphatic carbocycles. The molecule has 0 saturated carbocycles. The van der Waals surface area contributed by atoms with Crippen molar-refractivity contribution in [3.8, 4) is 0 Å². The van der Waals surface area contributed by atoms with Crippen LogP contribution < -0.4 is 5.32 Å². The summed E-state index contributed by atoms with van der Waals surface area (Å²) in [5, 5.41) is 13.4. The van der Waals surface area contributed by atoms with Gasteiger partial charge in [-0.25, -0.2) is 0 Å². The Morgan fingerprint density at radius 3 is 2.56 bits per heavy atom. The summed E-state index contributed by atoms with van der Waals surface area (Å²) in [7, 11) is 0. The Morgan fingerprint density at radius 2 is 1.89 bits per heavy atom. The average molecular weight is 249 g/mol. The zero-order valence-corrected chi connectivity index (χ0v) is 11.7. The van der Waals surface area contributed by atoms with Crippen LogP contribution in [-0.4, -0.2) is 23.8 Å². The molecule has 1 rings (SSSR count). The number of hydrogen-bond acceptors (Lipinski definition) is 2. The van der Waals surface area contributed by atoms with Crippen LogP contribution in [0.2, 0.25) is 0 Å². The molecule has 18 heavy (non-hydrogen) atoms. The molecule has 0 saturated heterocycles. The van der Waals surface area contributed by atoms with E-state index in [1.54, 1.807) is 0 Å². The van der Waals surface area contributed by atoms with Crippen molar-refractivity contribution in [3.05, 3.63) is 35.9 Å². The van der Waals surface area contributed by atoms with Gasteiger partial charge in [0.25, 0.3) is 0 Å². The van der Waals surface area contributed by atoms with Gasteiger partial charge in [-0.1, -0.05) is 56.5 Å². The Labute approximate surface area is 111 Å². The SMILES string of the molecule is CCCCC[C@@H](C)NC[C@H](O)Cc1ccccc1. The van der Waals surface area contributed by atoms with Crippen molar-refractivity contribution in [2.45, 2.75) is 58.1 Å². The summed E-state index contributed by atoms with van der Waals surface area (Å²) in [6.07, 6.45) is 5.49. The Kier molecular flexibility index (Phi) is 7.70. The van der Waals surface area contributed by atoms with Gasteiger partial charge in [0.15, 0.2) is 0 Å². The summed E-state index contributed by atoms with van der Waals surface area (Å²) in [5.41, 5.74) is 1.20. The fraction of sp³-hybridized carbons (Fsp3) is 0.625. The van der Waals surface area contributed by atoms with Gasteiger partial charge in [-0.2, -0.15) is 0 Å². The number of aliphatic hydroxyl groups is 1. The number of hydrogen-bond donors (Lipinski definition) is 2.